The van der Waals surface area contributed by atoms with Gasteiger partial charge in [-0.15, -0.1) is 0 Å². The number of rotatable bonds is 2. The number of aliphatic imine (C=N–C) groups is 1. The van der Waals surface area contributed by atoms with Gasteiger partial charge in [-0.25, -0.2) is 4.79 Å². The van der Waals surface area contributed by atoms with Gasteiger partial charge in [0.05, 0.1) is 0 Å². The van der Waals surface area contributed by atoms with E-state index in [9.17, 15) is 9.59 Å². The number of hydrogen-bond donors (Lipinski definition) is 2. The van der Waals surface area contributed by atoms with Crippen LogP contribution in [-0.4, -0.2) is 48.7 Å². The number of nitrogens with two attached hydrogens (primary N) is 1. The van der Waals surface area contributed by atoms with Crippen molar-refractivity contribution in [2.45, 2.75) is 25.7 Å². The fraction of sp³-hybridized carbons (Fsp3) is 0.389. The summed E-state index contributed by atoms with van der Waals surface area (Å²) in [5.74, 6) is -0.997. The van der Waals surface area contributed by atoms with E-state index in [2.05, 4.69) is 4.99 Å². The predicted molar refractivity (Wildman–Crippen MR) is 95.1 cm³/mol. The minimum Gasteiger partial charge on any atom is -0.477 e. The lowest BCUT2D eigenvalue weighted by Crippen LogP contribution is -2.21. The molecule has 3 N–H and O–H groups in total. The van der Waals surface area contributed by atoms with Crippen molar-refractivity contribution in [3.8, 4) is 0 Å². The van der Waals surface area contributed by atoms with Crippen LogP contribution in [0, 0.1) is 0 Å². The number of aliphatic carboxylic acids is 1. The van der Waals surface area contributed by atoms with Gasteiger partial charge in [-0.2, -0.15) is 0 Å². The third-order valence-corrected chi connectivity index (χ3v) is 3.69. The van der Waals surface area contributed by atoms with Crippen molar-refractivity contribution in [2.24, 2.45) is 10.7 Å². The van der Waals surface area contributed by atoms with E-state index in [0.717, 1.165) is 42.5 Å². The Kier molecular flexibility index (Phi) is 7.68. The van der Waals surface area contributed by atoms with Crippen molar-refractivity contribution in [1.29, 1.82) is 0 Å². The topological polar surface area (TPSA) is 96.0 Å². The van der Waals surface area contributed by atoms with Crippen molar-refractivity contribution in [3.63, 3.8) is 0 Å². The Labute approximate surface area is 142 Å². The number of hydrogen-bond acceptors (Lipinski definition) is 4. The van der Waals surface area contributed by atoms with Crippen LogP contribution in [0.1, 0.15) is 36.0 Å². The van der Waals surface area contributed by atoms with E-state index in [4.69, 9.17) is 10.8 Å². The molecule has 6 nitrogen and oxygen atoms in total. The second-order valence-electron chi connectivity index (χ2n) is 5.64. The van der Waals surface area contributed by atoms with Gasteiger partial charge < -0.3 is 15.7 Å². The summed E-state index contributed by atoms with van der Waals surface area (Å²) in [6.07, 6.45) is 3.66. The average Bonchev–Trinajstić information content (AvgIpc) is 2.61. The van der Waals surface area contributed by atoms with Crippen LogP contribution in [0.4, 0.5) is 0 Å². The van der Waals surface area contributed by atoms with Crippen molar-refractivity contribution in [1.82, 2.24) is 4.90 Å². The maximum Gasteiger partial charge on any atom is 0.352 e. The smallest absolute Gasteiger partial charge is 0.352 e. The number of benzene rings is 1. The monoisotopic (exact) mass is 331 g/mol. The molecule has 0 radical (unpaired) electrons. The molecule has 0 spiro atoms. The molecule has 1 amide bonds. The minimum atomic E-state index is -1.04. The zero-order valence-electron chi connectivity index (χ0n) is 14.5. The number of carboxylic acid groups (broad SMARTS) is 1. The molecule has 130 valence electrons. The summed E-state index contributed by atoms with van der Waals surface area (Å²) in [5, 5.41) is 8.71. The molecule has 1 fully saturated rings. The highest BCUT2D eigenvalue weighted by molar-refractivity contribution is 6.06. The molecule has 0 unspecified atom stereocenters. The maximum atomic E-state index is 11.3. The fourth-order valence-electron chi connectivity index (χ4n) is 2.39. The molecule has 0 heterocycles. The van der Waals surface area contributed by atoms with Crippen molar-refractivity contribution < 1.29 is 14.7 Å². The molecule has 0 saturated heterocycles. The lowest BCUT2D eigenvalue weighted by molar-refractivity contribution is -0.132. The van der Waals surface area contributed by atoms with Gasteiger partial charge in [-0.1, -0.05) is 18.2 Å². The highest BCUT2D eigenvalue weighted by Crippen LogP contribution is 2.22. The van der Waals surface area contributed by atoms with Crippen LogP contribution >= 0.6 is 0 Å². The first kappa shape index (κ1) is 19.4. The predicted octanol–water partition coefficient (Wildman–Crippen LogP) is 2.32. The highest BCUT2D eigenvalue weighted by atomic mass is 16.4. The molecule has 1 aliphatic carbocycles. The number of carboxylic acids is 1. The van der Waals surface area contributed by atoms with Crippen LogP contribution in [0.25, 0.3) is 0 Å². The molecule has 24 heavy (non-hydrogen) atoms. The number of nitrogens with zero attached hydrogens (tertiary/aromatic N) is 2. The fourth-order valence-corrected chi connectivity index (χ4v) is 2.39. The van der Waals surface area contributed by atoms with Crippen LogP contribution in [0.2, 0.25) is 0 Å². The van der Waals surface area contributed by atoms with E-state index in [-0.39, 0.29) is 11.6 Å². The lowest BCUT2D eigenvalue weighted by Gasteiger charge is -2.17. The summed E-state index contributed by atoms with van der Waals surface area (Å²) in [6, 6.07) is 9.23. The van der Waals surface area contributed by atoms with Gasteiger partial charge in [0.15, 0.2) is 0 Å². The zero-order chi connectivity index (χ0) is 18.1. The van der Waals surface area contributed by atoms with Crippen LogP contribution < -0.4 is 5.73 Å². The second-order valence-corrected chi connectivity index (χ2v) is 5.64. The van der Waals surface area contributed by atoms with Gasteiger partial charge in [-0.05, 0) is 37.8 Å². The van der Waals surface area contributed by atoms with Gasteiger partial charge in [-0.3, -0.25) is 9.79 Å². The van der Waals surface area contributed by atoms with Gasteiger partial charge in [0.2, 0.25) is 0 Å². The summed E-state index contributed by atoms with van der Waals surface area (Å²) in [6.45, 7) is 0. The Balaban J connectivity index is 0.000000243. The second kappa shape index (κ2) is 9.50. The summed E-state index contributed by atoms with van der Waals surface area (Å²) >= 11 is 0. The third kappa shape index (κ3) is 5.53. The Hall–Kier alpha value is -2.63. The summed E-state index contributed by atoms with van der Waals surface area (Å²) in [7, 11) is 5.17. The van der Waals surface area contributed by atoms with Crippen LogP contribution in [-0.2, 0) is 4.79 Å². The van der Waals surface area contributed by atoms with E-state index in [1.807, 2.05) is 30.3 Å². The van der Waals surface area contributed by atoms with E-state index in [1.54, 1.807) is 26.0 Å². The standard InChI is InChI=1S/C9H14N2O2.C9H11NO/c1-11-7-5-3-2-4-6(7)8(10)9(12)13;1-10(2)9(11)8-6-4-3-5-7-8/h2-5,10H2,1H3,(H,12,13);3-7H,1-2H3/b8-6-,11-7?;. The number of carbonyl (C=O) groups is 2. The summed E-state index contributed by atoms with van der Waals surface area (Å²) in [4.78, 5) is 27.5. The molecule has 1 aromatic rings. The largest absolute Gasteiger partial charge is 0.477 e. The van der Waals surface area contributed by atoms with Crippen LogP contribution in [0.5, 0.6) is 0 Å². The molecule has 0 aliphatic heterocycles. The first-order valence-electron chi connectivity index (χ1n) is 7.83. The Morgan fingerprint density at radius 1 is 1.12 bits per heavy atom. The molecule has 6 heteroatoms. The number of amides is 1. The lowest BCUT2D eigenvalue weighted by atomic mass is 9.91. The number of carbonyl (C=O) groups excluding carboxylic acids is 1. The van der Waals surface area contributed by atoms with E-state index >= 15 is 0 Å². The molecule has 1 saturated carbocycles. The van der Waals surface area contributed by atoms with Crippen molar-refractivity contribution >= 4 is 17.6 Å². The van der Waals surface area contributed by atoms with Crippen LogP contribution in [0.3, 0.4) is 0 Å². The van der Waals surface area contributed by atoms with Crippen molar-refractivity contribution in [3.05, 3.63) is 47.2 Å². The molecule has 1 aliphatic rings. The molecule has 1 aromatic carbocycles. The zero-order valence-corrected chi connectivity index (χ0v) is 14.5. The molecular weight excluding hydrogens is 306 g/mol. The molecular formula is C18H25N3O3. The summed E-state index contributed by atoms with van der Waals surface area (Å²) in [5.41, 5.74) is 7.73. The highest BCUT2D eigenvalue weighted by Gasteiger charge is 2.18. The van der Waals surface area contributed by atoms with Gasteiger partial charge in [0, 0.05) is 38.0 Å². The molecule has 0 aromatic heterocycles. The Morgan fingerprint density at radius 2 is 1.71 bits per heavy atom. The van der Waals surface area contributed by atoms with Crippen LogP contribution in [0.15, 0.2) is 46.6 Å². The average molecular weight is 331 g/mol. The van der Waals surface area contributed by atoms with Gasteiger partial charge in [0.1, 0.15) is 5.70 Å². The first-order valence-corrected chi connectivity index (χ1v) is 7.83. The number of allylic oxidation sites excluding steroid dienone is 1. The normalized spacial score (nSPS) is 17.5. The van der Waals surface area contributed by atoms with E-state index < -0.39 is 5.97 Å². The minimum absolute atomic E-state index is 0.0414. The van der Waals surface area contributed by atoms with E-state index in [0.29, 0.717) is 0 Å². The van der Waals surface area contributed by atoms with Gasteiger partial charge >= 0.3 is 5.97 Å². The summed E-state index contributed by atoms with van der Waals surface area (Å²) < 4.78 is 0. The molecule has 0 bridgehead atoms. The third-order valence-electron chi connectivity index (χ3n) is 3.69. The van der Waals surface area contributed by atoms with Crippen molar-refractivity contribution in [2.75, 3.05) is 21.1 Å². The molecule has 0 atom stereocenters. The SMILES string of the molecule is CN(C)C(=O)c1ccccc1.CN=C1CCCC/C1=C(/N)C(=O)O. The van der Waals surface area contributed by atoms with E-state index in [1.165, 1.54) is 0 Å². The molecule has 2 rings (SSSR count). The Morgan fingerprint density at radius 3 is 2.21 bits per heavy atom. The quantitative estimate of drug-likeness (QED) is 0.813. The first-order chi connectivity index (χ1) is 11.4. The van der Waals surface area contributed by atoms with Gasteiger partial charge in [0.25, 0.3) is 5.91 Å². The maximum absolute atomic E-state index is 11.3. The Bertz CT molecular complexity index is 634.